The van der Waals surface area contributed by atoms with Crippen LogP contribution in [0, 0.1) is 11.6 Å². The molecule has 0 aliphatic carbocycles. The molecule has 1 aliphatic heterocycles. The maximum Gasteiger partial charge on any atom is 0.271 e. The number of halogens is 2. The SMILES string of the molecule is COc1cc2c(cc1Nc1nc3c(ccn3C)c3nc4ccc(F)c(F)c4c(=O)n13)N(C(=O)CN(C)C)CCC2. The molecule has 206 valence electrons. The molecule has 0 atom stereocenters. The van der Waals surface area contributed by atoms with Crippen LogP contribution >= 0.6 is 0 Å². The van der Waals surface area contributed by atoms with Crippen molar-refractivity contribution in [3.8, 4) is 5.75 Å². The van der Waals surface area contributed by atoms with Crippen LogP contribution in [0.4, 0.5) is 26.1 Å². The monoisotopic (exact) mass is 547 g/mol. The van der Waals surface area contributed by atoms with E-state index in [0.717, 1.165) is 34.6 Å². The van der Waals surface area contributed by atoms with E-state index in [2.05, 4.69) is 15.3 Å². The minimum absolute atomic E-state index is 0.0348. The Hall–Kier alpha value is -4.58. The average molecular weight is 548 g/mol. The van der Waals surface area contributed by atoms with E-state index in [9.17, 15) is 18.4 Å². The molecule has 0 saturated carbocycles. The lowest BCUT2D eigenvalue weighted by Crippen LogP contribution is -2.40. The first-order valence-corrected chi connectivity index (χ1v) is 12.8. The van der Waals surface area contributed by atoms with Gasteiger partial charge in [-0.2, -0.15) is 4.98 Å². The van der Waals surface area contributed by atoms with Gasteiger partial charge < -0.3 is 24.4 Å². The standard InChI is InChI=1S/C28H27F2N7O3/c1-34(2)14-22(38)36-10-5-6-15-12-21(40-4)19(13-20(15)36)32-28-33-25-16(9-11-35(25)3)26-31-18-8-7-17(29)24(30)23(18)27(39)37(26)28/h7-9,11-13H,5-6,10,14H2,1-4H3,(H,32,33). The molecule has 0 saturated heterocycles. The fraction of sp³-hybridized carbons (Fsp3) is 0.286. The van der Waals surface area contributed by atoms with Gasteiger partial charge in [0.2, 0.25) is 11.9 Å². The molecule has 5 aromatic rings. The summed E-state index contributed by atoms with van der Waals surface area (Å²) in [4.78, 5) is 39.5. The number of nitrogens with one attached hydrogen (secondary N) is 1. The minimum atomic E-state index is -1.27. The summed E-state index contributed by atoms with van der Waals surface area (Å²) in [6, 6.07) is 7.64. The maximum atomic E-state index is 14.8. The van der Waals surface area contributed by atoms with Gasteiger partial charge in [0.1, 0.15) is 16.8 Å². The molecule has 0 spiro atoms. The topological polar surface area (TPSA) is 97.0 Å². The van der Waals surface area contributed by atoms with Gasteiger partial charge in [-0.05, 0) is 62.8 Å². The Morgan fingerprint density at radius 3 is 2.70 bits per heavy atom. The third-order valence-electron chi connectivity index (χ3n) is 7.15. The molecular weight excluding hydrogens is 520 g/mol. The molecule has 0 fully saturated rings. The number of amides is 1. The lowest BCUT2D eigenvalue weighted by Gasteiger charge is -2.31. The van der Waals surface area contributed by atoms with Crippen LogP contribution in [-0.2, 0) is 18.3 Å². The van der Waals surface area contributed by atoms with Gasteiger partial charge in [-0.3, -0.25) is 9.59 Å². The Morgan fingerprint density at radius 2 is 1.95 bits per heavy atom. The number of anilines is 3. The summed E-state index contributed by atoms with van der Waals surface area (Å²) in [5.41, 5.74) is 2.12. The van der Waals surface area contributed by atoms with E-state index in [1.807, 2.05) is 25.1 Å². The van der Waals surface area contributed by atoms with Gasteiger partial charge in [-0.25, -0.2) is 18.2 Å². The van der Waals surface area contributed by atoms with Crippen LogP contribution in [0.3, 0.4) is 0 Å². The smallest absolute Gasteiger partial charge is 0.271 e. The first-order valence-electron chi connectivity index (χ1n) is 12.8. The summed E-state index contributed by atoms with van der Waals surface area (Å²) in [7, 11) is 7.00. The second-order valence-corrected chi connectivity index (χ2v) is 10.1. The van der Waals surface area contributed by atoms with Crippen LogP contribution in [0.1, 0.15) is 12.0 Å². The van der Waals surface area contributed by atoms with Crippen LogP contribution in [0.25, 0.3) is 27.6 Å². The number of rotatable bonds is 5. The van der Waals surface area contributed by atoms with Crippen molar-refractivity contribution in [2.24, 2.45) is 7.05 Å². The summed E-state index contributed by atoms with van der Waals surface area (Å²) < 4.78 is 37.6. The lowest BCUT2D eigenvalue weighted by atomic mass is 10.00. The van der Waals surface area contributed by atoms with Gasteiger partial charge in [0.15, 0.2) is 17.3 Å². The van der Waals surface area contributed by atoms with Crippen molar-refractivity contribution >= 4 is 50.8 Å². The number of methoxy groups -OCH3 is 1. The van der Waals surface area contributed by atoms with Crippen molar-refractivity contribution < 1.29 is 18.3 Å². The Labute approximate surface area is 227 Å². The van der Waals surface area contributed by atoms with Gasteiger partial charge in [0, 0.05) is 25.5 Å². The quantitative estimate of drug-likeness (QED) is 0.336. The number of hydrogen-bond donors (Lipinski definition) is 1. The number of likely N-dealkylation sites (N-methyl/N-ethyl adjacent to an activating group) is 1. The first kappa shape index (κ1) is 25.7. The Kier molecular flexibility index (Phi) is 6.14. The lowest BCUT2D eigenvalue weighted by molar-refractivity contribution is -0.119. The van der Waals surface area contributed by atoms with Gasteiger partial charge in [-0.1, -0.05) is 0 Å². The maximum absolute atomic E-state index is 14.8. The molecule has 4 heterocycles. The van der Waals surface area contributed by atoms with Crippen molar-refractivity contribution in [1.82, 2.24) is 23.8 Å². The minimum Gasteiger partial charge on any atom is -0.495 e. The molecular formula is C28H27F2N7O3. The van der Waals surface area contributed by atoms with E-state index in [1.165, 1.54) is 13.2 Å². The number of hydrogen-bond acceptors (Lipinski definition) is 7. The number of nitrogens with zero attached hydrogens (tertiary/aromatic N) is 6. The van der Waals surface area contributed by atoms with E-state index in [0.29, 0.717) is 29.0 Å². The second-order valence-electron chi connectivity index (χ2n) is 10.1. The molecule has 2 aromatic carbocycles. The summed E-state index contributed by atoms with van der Waals surface area (Å²) >= 11 is 0. The highest BCUT2D eigenvalue weighted by Gasteiger charge is 2.26. The van der Waals surface area contributed by atoms with E-state index in [4.69, 9.17) is 4.74 Å². The van der Waals surface area contributed by atoms with E-state index in [1.54, 1.807) is 34.8 Å². The molecule has 40 heavy (non-hydrogen) atoms. The van der Waals surface area contributed by atoms with Crippen LogP contribution in [0.2, 0.25) is 0 Å². The Balaban J connectivity index is 1.59. The molecule has 1 amide bonds. The van der Waals surface area contributed by atoms with Gasteiger partial charge in [0.05, 0.1) is 30.2 Å². The van der Waals surface area contributed by atoms with Crippen LogP contribution in [0.15, 0.2) is 41.3 Å². The molecule has 6 rings (SSSR count). The predicted octanol–water partition coefficient (Wildman–Crippen LogP) is 3.61. The normalized spacial score (nSPS) is 13.4. The zero-order valence-electron chi connectivity index (χ0n) is 22.5. The highest BCUT2D eigenvalue weighted by molar-refractivity contribution is 5.97. The molecule has 12 heteroatoms. The van der Waals surface area contributed by atoms with E-state index >= 15 is 0 Å². The van der Waals surface area contributed by atoms with Crippen molar-refractivity contribution in [1.29, 1.82) is 0 Å². The summed E-state index contributed by atoms with van der Waals surface area (Å²) in [5.74, 6) is -1.95. The summed E-state index contributed by atoms with van der Waals surface area (Å²) in [6.45, 7) is 0.822. The molecule has 0 bridgehead atoms. The number of ether oxygens (including phenoxy) is 1. The van der Waals surface area contributed by atoms with Crippen LogP contribution in [0.5, 0.6) is 5.75 Å². The predicted molar refractivity (Wildman–Crippen MR) is 149 cm³/mol. The van der Waals surface area contributed by atoms with Gasteiger partial charge in [0.25, 0.3) is 5.56 Å². The fourth-order valence-electron chi connectivity index (χ4n) is 5.27. The van der Waals surface area contributed by atoms with Gasteiger partial charge in [-0.15, -0.1) is 0 Å². The zero-order chi connectivity index (χ0) is 28.3. The number of fused-ring (bicyclic) bond motifs is 5. The largest absolute Gasteiger partial charge is 0.495 e. The fourth-order valence-corrected chi connectivity index (χ4v) is 5.27. The van der Waals surface area contributed by atoms with Crippen LogP contribution < -0.4 is 20.5 Å². The summed E-state index contributed by atoms with van der Waals surface area (Å²) in [6.07, 6.45) is 3.36. The molecule has 0 unspecified atom stereocenters. The molecule has 1 N–H and O–H groups in total. The average Bonchev–Trinajstić information content (AvgIpc) is 3.29. The molecule has 10 nitrogen and oxygen atoms in total. The Bertz CT molecular complexity index is 1900. The third-order valence-corrected chi connectivity index (χ3v) is 7.15. The molecule has 1 aliphatic rings. The highest BCUT2D eigenvalue weighted by Crippen LogP contribution is 2.38. The number of aromatic nitrogens is 4. The van der Waals surface area contributed by atoms with Gasteiger partial charge >= 0.3 is 0 Å². The second kappa shape index (κ2) is 9.56. The van der Waals surface area contributed by atoms with Crippen molar-refractivity contribution in [3.05, 3.63) is 64.1 Å². The molecule has 3 aromatic heterocycles. The number of carbonyl (C=O) groups excluding carboxylic acids is 1. The molecule has 0 radical (unpaired) electrons. The number of carbonyl (C=O) groups is 1. The van der Waals surface area contributed by atoms with E-state index in [-0.39, 0.29) is 29.6 Å². The zero-order valence-corrected chi connectivity index (χ0v) is 22.5. The highest BCUT2D eigenvalue weighted by atomic mass is 19.2. The van der Waals surface area contributed by atoms with Crippen LogP contribution in [-0.4, -0.2) is 64.0 Å². The third kappa shape index (κ3) is 4.02. The van der Waals surface area contributed by atoms with Crippen molar-refractivity contribution in [2.45, 2.75) is 12.8 Å². The summed E-state index contributed by atoms with van der Waals surface area (Å²) in [5, 5.41) is 3.26. The number of aryl methyl sites for hydroxylation is 2. The van der Waals surface area contributed by atoms with Crippen molar-refractivity contribution in [3.63, 3.8) is 0 Å². The Morgan fingerprint density at radius 1 is 1.15 bits per heavy atom. The first-order chi connectivity index (χ1) is 19.2. The van der Waals surface area contributed by atoms with E-state index < -0.39 is 22.6 Å². The number of benzene rings is 2. The van der Waals surface area contributed by atoms with Crippen molar-refractivity contribution in [2.75, 3.05) is 44.5 Å².